The Morgan fingerprint density at radius 1 is 1.20 bits per heavy atom. The van der Waals surface area contributed by atoms with Crippen molar-refractivity contribution >= 4 is 17.3 Å². The molecule has 3 nitrogen and oxygen atoms in total. The number of nitrogen functional groups attached to an aromatic ring is 1. The van der Waals surface area contributed by atoms with Crippen LogP contribution in [-0.2, 0) is 11.2 Å². The number of unbranched alkanes of at least 4 members (excludes halogenated alkanes) is 5. The normalized spacial score (nSPS) is 13.6. The third-order valence-electron chi connectivity index (χ3n) is 4.07. The van der Waals surface area contributed by atoms with Crippen LogP contribution in [0.1, 0.15) is 57.4 Å². The van der Waals surface area contributed by atoms with E-state index in [1.807, 2.05) is 17.0 Å². The van der Waals surface area contributed by atoms with Gasteiger partial charge in [0.1, 0.15) is 0 Å². The van der Waals surface area contributed by atoms with Crippen molar-refractivity contribution in [1.29, 1.82) is 0 Å². The maximum absolute atomic E-state index is 12.3. The largest absolute Gasteiger partial charge is 0.397 e. The molecule has 2 N–H and O–H groups in total. The van der Waals surface area contributed by atoms with Crippen LogP contribution in [0.5, 0.6) is 0 Å². The van der Waals surface area contributed by atoms with E-state index in [9.17, 15) is 4.79 Å². The van der Waals surface area contributed by atoms with Crippen molar-refractivity contribution in [2.75, 3.05) is 17.2 Å². The molecule has 0 atom stereocenters. The number of carbonyl (C=O) groups excluding carboxylic acids is 1. The maximum Gasteiger partial charge on any atom is 0.227 e. The molecule has 0 bridgehead atoms. The van der Waals surface area contributed by atoms with Crippen molar-refractivity contribution in [2.24, 2.45) is 0 Å². The minimum absolute atomic E-state index is 0.233. The van der Waals surface area contributed by atoms with Crippen LogP contribution in [-0.4, -0.2) is 12.5 Å². The molecule has 0 unspecified atom stereocenters. The number of nitrogens with two attached hydrogens (primary N) is 1. The zero-order valence-electron chi connectivity index (χ0n) is 12.5. The average Bonchev–Trinajstić information content (AvgIpc) is 2.88. The smallest absolute Gasteiger partial charge is 0.227 e. The fraction of sp³-hybridized carbons (Fsp3) is 0.588. The number of amides is 1. The summed E-state index contributed by atoms with van der Waals surface area (Å²) in [6.07, 6.45) is 8.87. The molecule has 1 aromatic carbocycles. The molecule has 2 rings (SSSR count). The van der Waals surface area contributed by atoms with Gasteiger partial charge in [-0.2, -0.15) is 0 Å². The predicted octanol–water partition coefficient (Wildman–Crippen LogP) is 3.91. The minimum Gasteiger partial charge on any atom is -0.397 e. The Bertz CT molecular complexity index is 456. The summed E-state index contributed by atoms with van der Waals surface area (Å²) >= 11 is 0. The quantitative estimate of drug-likeness (QED) is 0.605. The van der Waals surface area contributed by atoms with Gasteiger partial charge in [0, 0.05) is 13.0 Å². The van der Waals surface area contributed by atoms with E-state index in [1.54, 1.807) is 0 Å². The van der Waals surface area contributed by atoms with Gasteiger partial charge in [0.15, 0.2) is 0 Å². The van der Waals surface area contributed by atoms with Crippen molar-refractivity contribution in [1.82, 2.24) is 0 Å². The Hall–Kier alpha value is -1.51. The lowest BCUT2D eigenvalue weighted by Crippen LogP contribution is -2.29. The van der Waals surface area contributed by atoms with Crippen molar-refractivity contribution in [3.8, 4) is 0 Å². The first-order valence-electron chi connectivity index (χ1n) is 7.91. The number of para-hydroxylation sites is 1. The van der Waals surface area contributed by atoms with Gasteiger partial charge < -0.3 is 10.6 Å². The van der Waals surface area contributed by atoms with E-state index >= 15 is 0 Å². The molecule has 0 fully saturated rings. The topological polar surface area (TPSA) is 46.3 Å². The molecule has 1 aliphatic heterocycles. The van der Waals surface area contributed by atoms with E-state index in [-0.39, 0.29) is 5.91 Å². The van der Waals surface area contributed by atoms with E-state index in [0.717, 1.165) is 37.2 Å². The second-order valence-electron chi connectivity index (χ2n) is 5.67. The third-order valence-corrected chi connectivity index (χ3v) is 4.07. The zero-order valence-corrected chi connectivity index (χ0v) is 12.5. The summed E-state index contributed by atoms with van der Waals surface area (Å²) in [6.45, 7) is 3.01. The van der Waals surface area contributed by atoms with Crippen LogP contribution in [0, 0.1) is 0 Å². The number of anilines is 2. The van der Waals surface area contributed by atoms with Crippen LogP contribution >= 0.6 is 0 Å². The average molecular weight is 274 g/mol. The molecule has 110 valence electrons. The highest BCUT2D eigenvalue weighted by Crippen LogP contribution is 2.34. The summed E-state index contributed by atoms with van der Waals surface area (Å²) in [5.74, 6) is 0.233. The van der Waals surface area contributed by atoms with Crippen LogP contribution in [0.15, 0.2) is 18.2 Å². The van der Waals surface area contributed by atoms with Crippen molar-refractivity contribution in [2.45, 2.75) is 58.3 Å². The Morgan fingerprint density at radius 3 is 2.75 bits per heavy atom. The number of rotatable bonds is 7. The molecule has 0 radical (unpaired) electrons. The second-order valence-corrected chi connectivity index (χ2v) is 5.67. The highest BCUT2D eigenvalue weighted by atomic mass is 16.2. The fourth-order valence-electron chi connectivity index (χ4n) is 2.93. The first-order valence-corrected chi connectivity index (χ1v) is 7.91. The van der Waals surface area contributed by atoms with Crippen molar-refractivity contribution < 1.29 is 4.79 Å². The van der Waals surface area contributed by atoms with Gasteiger partial charge in [-0.3, -0.25) is 4.79 Å². The number of carbonyl (C=O) groups is 1. The van der Waals surface area contributed by atoms with Crippen LogP contribution in [0.4, 0.5) is 11.4 Å². The van der Waals surface area contributed by atoms with E-state index < -0.39 is 0 Å². The van der Waals surface area contributed by atoms with E-state index in [0.29, 0.717) is 6.42 Å². The zero-order chi connectivity index (χ0) is 14.4. The van der Waals surface area contributed by atoms with E-state index in [2.05, 4.69) is 13.0 Å². The number of benzene rings is 1. The number of fused-ring (bicyclic) bond motifs is 1. The summed E-state index contributed by atoms with van der Waals surface area (Å²) in [7, 11) is 0. The van der Waals surface area contributed by atoms with E-state index in [1.165, 1.54) is 31.2 Å². The van der Waals surface area contributed by atoms with Gasteiger partial charge in [0.25, 0.3) is 0 Å². The molecule has 1 amide bonds. The maximum atomic E-state index is 12.3. The van der Waals surface area contributed by atoms with Gasteiger partial charge in [-0.05, 0) is 24.5 Å². The van der Waals surface area contributed by atoms with Gasteiger partial charge in [0.2, 0.25) is 5.91 Å². The molecule has 20 heavy (non-hydrogen) atoms. The lowest BCUT2D eigenvalue weighted by Gasteiger charge is -2.19. The number of hydrogen-bond acceptors (Lipinski definition) is 2. The molecule has 3 heteroatoms. The number of nitrogens with zero attached hydrogens (tertiary/aromatic N) is 1. The fourth-order valence-corrected chi connectivity index (χ4v) is 2.93. The van der Waals surface area contributed by atoms with Crippen LogP contribution in [0.2, 0.25) is 0 Å². The van der Waals surface area contributed by atoms with Gasteiger partial charge in [-0.1, -0.05) is 51.2 Å². The van der Waals surface area contributed by atoms with E-state index in [4.69, 9.17) is 5.73 Å². The highest BCUT2D eigenvalue weighted by molar-refractivity contribution is 5.98. The first kappa shape index (κ1) is 14.9. The molecule has 1 heterocycles. The molecule has 1 aromatic rings. The Morgan fingerprint density at radius 2 is 1.95 bits per heavy atom. The summed E-state index contributed by atoms with van der Waals surface area (Å²) in [5.41, 5.74) is 8.92. The Kier molecular flexibility index (Phi) is 5.45. The SMILES string of the molecule is CCCCCCCCC(=O)N1CCc2cccc(N)c21. The summed E-state index contributed by atoms with van der Waals surface area (Å²) in [6, 6.07) is 5.93. The molecule has 0 aromatic heterocycles. The Labute approximate surface area is 122 Å². The highest BCUT2D eigenvalue weighted by Gasteiger charge is 2.25. The lowest BCUT2D eigenvalue weighted by molar-refractivity contribution is -0.118. The monoisotopic (exact) mass is 274 g/mol. The standard InChI is InChI=1S/C17H26N2O/c1-2-3-4-5-6-7-11-16(20)19-13-12-14-9-8-10-15(18)17(14)19/h8-10H,2-7,11-13,18H2,1H3. The van der Waals surface area contributed by atoms with Gasteiger partial charge in [0.05, 0.1) is 11.4 Å². The first-order chi connectivity index (χ1) is 9.74. The van der Waals surface area contributed by atoms with Crippen LogP contribution in [0.3, 0.4) is 0 Å². The molecular formula is C17H26N2O. The van der Waals surface area contributed by atoms with Gasteiger partial charge in [-0.25, -0.2) is 0 Å². The van der Waals surface area contributed by atoms with Crippen molar-refractivity contribution in [3.05, 3.63) is 23.8 Å². The lowest BCUT2D eigenvalue weighted by atomic mass is 10.1. The van der Waals surface area contributed by atoms with Gasteiger partial charge in [-0.15, -0.1) is 0 Å². The minimum atomic E-state index is 0.233. The summed E-state index contributed by atoms with van der Waals surface area (Å²) in [4.78, 5) is 14.2. The predicted molar refractivity (Wildman–Crippen MR) is 84.9 cm³/mol. The van der Waals surface area contributed by atoms with Crippen molar-refractivity contribution in [3.63, 3.8) is 0 Å². The molecule has 0 saturated heterocycles. The second kappa shape index (κ2) is 7.32. The molecular weight excluding hydrogens is 248 g/mol. The van der Waals surface area contributed by atoms with Crippen LogP contribution in [0.25, 0.3) is 0 Å². The Balaban J connectivity index is 1.81. The van der Waals surface area contributed by atoms with Crippen LogP contribution < -0.4 is 10.6 Å². The summed E-state index contributed by atoms with van der Waals surface area (Å²) in [5, 5.41) is 0. The third kappa shape index (κ3) is 3.53. The molecule has 0 saturated carbocycles. The summed E-state index contributed by atoms with van der Waals surface area (Å²) < 4.78 is 0. The van der Waals surface area contributed by atoms with Gasteiger partial charge >= 0.3 is 0 Å². The molecule has 1 aliphatic rings. The molecule has 0 aliphatic carbocycles. The molecule has 0 spiro atoms. The number of hydrogen-bond donors (Lipinski definition) is 1.